The van der Waals surface area contributed by atoms with Crippen molar-refractivity contribution in [3.05, 3.63) is 70.2 Å². The molecule has 1 fully saturated rings. The Labute approximate surface area is 205 Å². The molecule has 2 amide bonds. The van der Waals surface area contributed by atoms with Gasteiger partial charge in [0.1, 0.15) is 24.4 Å². The average Bonchev–Trinajstić information content (AvgIpc) is 3.09. The average molecular weight is 534 g/mol. The Bertz CT molecular complexity index is 1010. The van der Waals surface area contributed by atoms with Gasteiger partial charge in [-0.3, -0.25) is 14.5 Å². The van der Waals surface area contributed by atoms with Crippen molar-refractivity contribution in [1.29, 1.82) is 0 Å². The molecule has 4 rings (SSSR count). The number of halogens is 1. The van der Waals surface area contributed by atoms with Gasteiger partial charge < -0.3 is 24.1 Å². The minimum absolute atomic E-state index is 0.0679. The summed E-state index contributed by atoms with van der Waals surface area (Å²) >= 11 is 3.49. The van der Waals surface area contributed by atoms with Crippen molar-refractivity contribution < 1.29 is 38.4 Å². The molecule has 0 atom stereocenters. The van der Waals surface area contributed by atoms with E-state index >= 15 is 0 Å². The Morgan fingerprint density at radius 2 is 1.71 bits per heavy atom. The number of carbonyl (C=O) groups is 2. The molecule has 1 saturated heterocycles. The predicted molar refractivity (Wildman–Crippen MR) is 124 cm³/mol. The maximum atomic E-state index is 12.4. The lowest BCUT2D eigenvalue weighted by molar-refractivity contribution is -0.230. The fourth-order valence-corrected chi connectivity index (χ4v) is 3.90. The van der Waals surface area contributed by atoms with Gasteiger partial charge >= 0.3 is 0 Å². The lowest BCUT2D eigenvalue weighted by Gasteiger charge is -2.30. The summed E-state index contributed by atoms with van der Waals surface area (Å²) in [5.41, 5.74) is 1.63. The lowest BCUT2D eigenvalue weighted by atomic mass is 10.1. The van der Waals surface area contributed by atoms with Gasteiger partial charge in [-0.2, -0.15) is 0 Å². The number of carbonyl (C=O) groups excluding carboxylic acids is 3. The van der Waals surface area contributed by atoms with E-state index < -0.39 is 6.29 Å². The minimum atomic E-state index is -0.580. The minimum Gasteiger partial charge on any atom is -0.491 e. The number of aliphatic hydroxyl groups is 1. The molecule has 2 aliphatic rings. The van der Waals surface area contributed by atoms with Crippen molar-refractivity contribution >= 4 is 33.7 Å². The van der Waals surface area contributed by atoms with Crippen molar-refractivity contribution in [2.45, 2.75) is 12.4 Å². The van der Waals surface area contributed by atoms with Gasteiger partial charge in [0.2, 0.25) is 0 Å². The number of nitrogens with zero attached hydrogens (tertiary/aromatic N) is 1. The molecule has 1 N–H and O–H groups in total. The molecule has 180 valence electrons. The molecular formula is C24H24BrNO8. The second-order valence-electron chi connectivity index (χ2n) is 7.20. The Morgan fingerprint density at radius 1 is 1.09 bits per heavy atom. The highest BCUT2D eigenvalue weighted by Gasteiger charge is 2.35. The largest absolute Gasteiger partial charge is 0.491 e. The zero-order valence-electron chi connectivity index (χ0n) is 18.3. The van der Waals surface area contributed by atoms with Crippen LogP contribution in [-0.4, -0.2) is 73.4 Å². The summed E-state index contributed by atoms with van der Waals surface area (Å²) in [5, 5.41) is 8.91. The van der Waals surface area contributed by atoms with Gasteiger partial charge in [0.25, 0.3) is 11.8 Å². The monoisotopic (exact) mass is 533 g/mol. The standard InChI is InChI=1S/C22H22BrNO7.C2H2O/c23-19-6-5-14(29-10-8-25)11-18(19)22-30-12-15(13-31-22)28-9-7-24-20(26)16-3-1-2-4-17(16)21(24)27;1-2-3/h1-6,11,15,22,25H,7-10,12-13H2;1H2. The maximum Gasteiger partial charge on any atom is 0.261 e. The molecule has 0 unspecified atom stereocenters. The number of benzene rings is 2. The summed E-state index contributed by atoms with van der Waals surface area (Å²) in [7, 11) is 0. The van der Waals surface area contributed by atoms with Crippen LogP contribution in [0.1, 0.15) is 32.6 Å². The number of imide groups is 1. The summed E-state index contributed by atoms with van der Waals surface area (Å²) in [5.74, 6) is 1.26. The summed E-state index contributed by atoms with van der Waals surface area (Å²) in [6, 6.07) is 12.2. The zero-order valence-corrected chi connectivity index (χ0v) is 19.9. The van der Waals surface area contributed by atoms with Gasteiger partial charge in [0, 0.05) is 10.0 Å². The van der Waals surface area contributed by atoms with E-state index in [2.05, 4.69) is 22.5 Å². The molecule has 0 aromatic heterocycles. The van der Waals surface area contributed by atoms with E-state index in [0.717, 1.165) is 10.0 Å². The van der Waals surface area contributed by atoms with E-state index in [1.54, 1.807) is 36.4 Å². The van der Waals surface area contributed by atoms with Crippen LogP contribution in [0.25, 0.3) is 0 Å². The second-order valence-corrected chi connectivity index (χ2v) is 8.05. The van der Waals surface area contributed by atoms with E-state index in [-0.39, 0.29) is 44.3 Å². The molecule has 2 aliphatic heterocycles. The summed E-state index contributed by atoms with van der Waals surface area (Å²) in [6.07, 6.45) is -0.887. The Morgan fingerprint density at radius 3 is 2.29 bits per heavy atom. The van der Waals surface area contributed by atoms with Crippen LogP contribution in [0.15, 0.2) is 53.5 Å². The molecule has 2 aromatic rings. The Balaban J connectivity index is 0.00000103. The highest BCUT2D eigenvalue weighted by Crippen LogP contribution is 2.33. The van der Waals surface area contributed by atoms with Gasteiger partial charge in [-0.25, -0.2) is 4.79 Å². The summed E-state index contributed by atoms with van der Waals surface area (Å²) in [4.78, 5) is 34.5. The third kappa shape index (κ3) is 6.18. The number of amides is 2. The van der Waals surface area contributed by atoms with Crippen LogP contribution >= 0.6 is 15.9 Å². The summed E-state index contributed by atoms with van der Waals surface area (Å²) < 4.78 is 23.6. The molecular weight excluding hydrogens is 510 g/mol. The van der Waals surface area contributed by atoms with Crippen LogP contribution in [-0.2, 0) is 19.0 Å². The third-order valence-corrected chi connectivity index (χ3v) is 5.72. The first-order valence-electron chi connectivity index (χ1n) is 10.5. The molecule has 0 spiro atoms. The van der Waals surface area contributed by atoms with Crippen molar-refractivity contribution in [3.63, 3.8) is 0 Å². The van der Waals surface area contributed by atoms with Crippen molar-refractivity contribution in [2.75, 3.05) is 39.6 Å². The molecule has 34 heavy (non-hydrogen) atoms. The van der Waals surface area contributed by atoms with E-state index in [0.29, 0.717) is 30.1 Å². The van der Waals surface area contributed by atoms with E-state index in [1.165, 1.54) is 10.8 Å². The smallest absolute Gasteiger partial charge is 0.261 e. The first-order valence-corrected chi connectivity index (χ1v) is 11.3. The van der Waals surface area contributed by atoms with Crippen molar-refractivity contribution in [2.24, 2.45) is 0 Å². The third-order valence-electron chi connectivity index (χ3n) is 5.00. The fraction of sp³-hybridized carbons (Fsp3) is 0.333. The number of ether oxygens (including phenoxy) is 4. The number of fused-ring (bicyclic) bond motifs is 1. The quantitative estimate of drug-likeness (QED) is 0.407. The lowest BCUT2D eigenvalue weighted by Crippen LogP contribution is -2.37. The fourth-order valence-electron chi connectivity index (χ4n) is 3.47. The highest BCUT2D eigenvalue weighted by atomic mass is 79.9. The maximum absolute atomic E-state index is 12.4. The topological polar surface area (TPSA) is 112 Å². The number of aliphatic hydroxyl groups excluding tert-OH is 1. The van der Waals surface area contributed by atoms with Gasteiger partial charge in [0.15, 0.2) is 6.29 Å². The molecule has 2 heterocycles. The Kier molecular flexibility index (Phi) is 9.52. The van der Waals surface area contributed by atoms with Crippen LogP contribution in [0, 0.1) is 0 Å². The number of hydrogen-bond acceptors (Lipinski definition) is 8. The van der Waals surface area contributed by atoms with Gasteiger partial charge in [0.05, 0.1) is 44.1 Å². The van der Waals surface area contributed by atoms with Gasteiger partial charge in [-0.15, -0.1) is 0 Å². The normalized spacial score (nSPS) is 19.2. The molecule has 2 aromatic carbocycles. The first kappa shape index (κ1) is 25.8. The second kappa shape index (κ2) is 12.6. The van der Waals surface area contributed by atoms with Gasteiger partial charge in [-0.05, 0) is 36.9 Å². The van der Waals surface area contributed by atoms with Crippen molar-refractivity contribution in [1.82, 2.24) is 4.90 Å². The van der Waals surface area contributed by atoms with E-state index in [1.807, 2.05) is 6.07 Å². The molecule has 0 aliphatic carbocycles. The van der Waals surface area contributed by atoms with Crippen LogP contribution in [0.4, 0.5) is 0 Å². The molecule has 9 nitrogen and oxygen atoms in total. The molecule has 0 saturated carbocycles. The van der Waals surface area contributed by atoms with Crippen LogP contribution in [0.5, 0.6) is 5.75 Å². The number of hydrogen-bond donors (Lipinski definition) is 1. The van der Waals surface area contributed by atoms with Crippen molar-refractivity contribution in [3.8, 4) is 5.75 Å². The first-order chi connectivity index (χ1) is 16.5. The van der Waals surface area contributed by atoms with Crippen LogP contribution < -0.4 is 4.74 Å². The number of rotatable bonds is 8. The van der Waals surface area contributed by atoms with Crippen LogP contribution in [0.2, 0.25) is 0 Å². The predicted octanol–water partition coefficient (Wildman–Crippen LogP) is 2.55. The SMILES string of the molecule is C=C=O.O=C1c2ccccc2C(=O)N1CCOC1COC(c2cc(OCCO)ccc2Br)OC1. The highest BCUT2D eigenvalue weighted by molar-refractivity contribution is 9.10. The van der Waals surface area contributed by atoms with Gasteiger partial charge in [-0.1, -0.05) is 28.1 Å². The molecule has 10 heteroatoms. The van der Waals surface area contributed by atoms with E-state index in [4.69, 9.17) is 28.8 Å². The summed E-state index contributed by atoms with van der Waals surface area (Å²) in [6.45, 7) is 3.80. The molecule has 0 bridgehead atoms. The van der Waals surface area contributed by atoms with E-state index in [9.17, 15) is 9.59 Å². The Hall–Kier alpha value is -2.85. The van der Waals surface area contributed by atoms with Crippen LogP contribution in [0.3, 0.4) is 0 Å². The zero-order chi connectivity index (χ0) is 24.5. The molecule has 0 radical (unpaired) electrons.